The lowest BCUT2D eigenvalue weighted by Crippen LogP contribution is -2.38. The summed E-state index contributed by atoms with van der Waals surface area (Å²) in [5, 5.41) is 3.88. The fourth-order valence-corrected chi connectivity index (χ4v) is 2.34. The number of amides is 1. The molecule has 1 amide bonds. The van der Waals surface area contributed by atoms with Crippen molar-refractivity contribution in [3.05, 3.63) is 42.1 Å². The van der Waals surface area contributed by atoms with Crippen LogP contribution in [0.15, 0.2) is 36.5 Å². The highest BCUT2D eigenvalue weighted by Gasteiger charge is 2.15. The number of nitrogens with one attached hydrogen (secondary N) is 1. The molecule has 1 heterocycles. The van der Waals surface area contributed by atoms with Gasteiger partial charge in [-0.2, -0.15) is 0 Å². The van der Waals surface area contributed by atoms with Gasteiger partial charge in [0.1, 0.15) is 0 Å². The van der Waals surface area contributed by atoms with Crippen LogP contribution in [-0.4, -0.2) is 36.5 Å². The molecule has 20 heavy (non-hydrogen) atoms. The van der Waals surface area contributed by atoms with Crippen LogP contribution >= 0.6 is 11.6 Å². The summed E-state index contributed by atoms with van der Waals surface area (Å²) in [6, 6.07) is 9.25. The molecule has 0 bridgehead atoms. The molecule has 0 aliphatic carbocycles. The largest absolute Gasteiger partial charge is 0.383 e. The Morgan fingerprint density at radius 2 is 2.20 bits per heavy atom. The molecule has 1 N–H and O–H groups in total. The van der Waals surface area contributed by atoms with E-state index in [-0.39, 0.29) is 11.9 Å². The minimum absolute atomic E-state index is 0.0935. The second-order valence-electron chi connectivity index (χ2n) is 4.48. The molecule has 4 nitrogen and oxygen atoms in total. The highest BCUT2D eigenvalue weighted by atomic mass is 35.5. The Morgan fingerprint density at radius 1 is 1.40 bits per heavy atom. The fraction of sp³-hybridized carbons (Fsp3) is 0.333. The Labute approximate surface area is 123 Å². The topological polar surface area (TPSA) is 51.2 Å². The van der Waals surface area contributed by atoms with Crippen molar-refractivity contribution in [1.29, 1.82) is 0 Å². The first-order valence-electron chi connectivity index (χ1n) is 6.45. The van der Waals surface area contributed by atoms with Gasteiger partial charge in [-0.25, -0.2) is 0 Å². The van der Waals surface area contributed by atoms with Crippen LogP contribution in [0.4, 0.5) is 0 Å². The molecular weight excluding hydrogens is 276 g/mol. The van der Waals surface area contributed by atoms with Crippen molar-refractivity contribution in [2.45, 2.75) is 12.5 Å². The third kappa shape index (κ3) is 3.46. The molecule has 0 saturated carbocycles. The van der Waals surface area contributed by atoms with E-state index in [0.29, 0.717) is 30.0 Å². The summed E-state index contributed by atoms with van der Waals surface area (Å²) in [4.78, 5) is 16.7. The molecule has 0 aliphatic heterocycles. The second kappa shape index (κ2) is 7.22. The maximum absolute atomic E-state index is 12.4. The Hall–Kier alpha value is -1.65. The van der Waals surface area contributed by atoms with Crippen molar-refractivity contribution < 1.29 is 9.53 Å². The number of carbonyl (C=O) groups excluding carboxylic acids is 1. The van der Waals surface area contributed by atoms with Crippen LogP contribution < -0.4 is 5.32 Å². The summed E-state index contributed by atoms with van der Waals surface area (Å²) < 4.78 is 5.09. The maximum Gasteiger partial charge on any atom is 0.253 e. The van der Waals surface area contributed by atoms with E-state index in [1.54, 1.807) is 19.4 Å². The predicted molar refractivity (Wildman–Crippen MR) is 80.2 cm³/mol. The molecule has 0 spiro atoms. The van der Waals surface area contributed by atoms with Gasteiger partial charge in [0.05, 0.1) is 23.7 Å². The van der Waals surface area contributed by atoms with Crippen molar-refractivity contribution in [2.24, 2.45) is 0 Å². The second-order valence-corrected chi connectivity index (χ2v) is 4.86. The Balaban J connectivity index is 2.22. The number of methoxy groups -OCH3 is 1. The molecule has 1 aromatic carbocycles. The van der Waals surface area contributed by atoms with Gasteiger partial charge in [0.25, 0.3) is 5.91 Å². The van der Waals surface area contributed by atoms with Gasteiger partial charge < -0.3 is 10.1 Å². The number of aromatic nitrogens is 1. The van der Waals surface area contributed by atoms with Gasteiger partial charge in [0.2, 0.25) is 0 Å². The highest BCUT2D eigenvalue weighted by molar-refractivity contribution is 6.17. The van der Waals surface area contributed by atoms with Crippen LogP contribution in [-0.2, 0) is 4.74 Å². The lowest BCUT2D eigenvalue weighted by atomic mass is 10.1. The zero-order chi connectivity index (χ0) is 14.4. The zero-order valence-corrected chi connectivity index (χ0v) is 12.1. The van der Waals surface area contributed by atoms with E-state index >= 15 is 0 Å². The Kier molecular flexibility index (Phi) is 5.32. The molecule has 5 heteroatoms. The van der Waals surface area contributed by atoms with Crippen LogP contribution in [0.5, 0.6) is 0 Å². The number of fused-ring (bicyclic) bond motifs is 1. The first kappa shape index (κ1) is 14.8. The van der Waals surface area contributed by atoms with Crippen LogP contribution in [0.25, 0.3) is 10.9 Å². The number of carbonyl (C=O) groups is 1. The SMILES string of the molecule is COCC(CCCl)NC(=O)c1cccc2cccnc12. The highest BCUT2D eigenvalue weighted by Crippen LogP contribution is 2.16. The van der Waals surface area contributed by atoms with Gasteiger partial charge in [-0.15, -0.1) is 11.6 Å². The molecule has 0 radical (unpaired) electrons. The molecule has 1 atom stereocenters. The van der Waals surface area contributed by atoms with Gasteiger partial charge in [0.15, 0.2) is 0 Å². The zero-order valence-electron chi connectivity index (χ0n) is 11.3. The first-order chi connectivity index (χ1) is 9.76. The number of alkyl halides is 1. The van der Waals surface area contributed by atoms with Crippen LogP contribution in [0, 0.1) is 0 Å². The number of pyridine rings is 1. The maximum atomic E-state index is 12.4. The Morgan fingerprint density at radius 3 is 2.95 bits per heavy atom. The van der Waals surface area contributed by atoms with E-state index in [2.05, 4.69) is 10.3 Å². The number of nitrogens with zero attached hydrogens (tertiary/aromatic N) is 1. The summed E-state index contributed by atoms with van der Waals surface area (Å²) in [7, 11) is 1.60. The number of halogens is 1. The third-order valence-corrected chi connectivity index (χ3v) is 3.26. The summed E-state index contributed by atoms with van der Waals surface area (Å²) in [5.74, 6) is 0.323. The van der Waals surface area contributed by atoms with Crippen LogP contribution in [0.3, 0.4) is 0 Å². The average Bonchev–Trinajstić information content (AvgIpc) is 2.47. The quantitative estimate of drug-likeness (QED) is 0.833. The molecule has 2 rings (SSSR count). The Bertz CT molecular complexity index is 578. The fourth-order valence-electron chi connectivity index (χ4n) is 2.08. The molecule has 0 saturated heterocycles. The summed E-state index contributed by atoms with van der Waals surface area (Å²) in [6.45, 7) is 0.441. The van der Waals surface area contributed by atoms with E-state index in [1.165, 1.54) is 0 Å². The molecular formula is C15H17ClN2O2. The normalized spacial score (nSPS) is 12.3. The smallest absolute Gasteiger partial charge is 0.253 e. The minimum Gasteiger partial charge on any atom is -0.383 e. The number of benzene rings is 1. The van der Waals surface area contributed by atoms with E-state index in [9.17, 15) is 4.79 Å². The number of hydrogen-bond donors (Lipinski definition) is 1. The van der Waals surface area contributed by atoms with Gasteiger partial charge in [-0.3, -0.25) is 9.78 Å². The van der Waals surface area contributed by atoms with Gasteiger partial charge >= 0.3 is 0 Å². The third-order valence-electron chi connectivity index (χ3n) is 3.04. The van der Waals surface area contributed by atoms with E-state index < -0.39 is 0 Å². The first-order valence-corrected chi connectivity index (χ1v) is 6.99. The van der Waals surface area contributed by atoms with Crippen molar-refractivity contribution in [3.8, 4) is 0 Å². The lowest BCUT2D eigenvalue weighted by Gasteiger charge is -2.17. The molecule has 1 aromatic heterocycles. The van der Waals surface area contributed by atoms with Crippen LogP contribution in [0.2, 0.25) is 0 Å². The van der Waals surface area contributed by atoms with Crippen molar-refractivity contribution >= 4 is 28.4 Å². The lowest BCUT2D eigenvalue weighted by molar-refractivity contribution is 0.0896. The van der Waals surface area contributed by atoms with Gasteiger partial charge in [0, 0.05) is 24.6 Å². The van der Waals surface area contributed by atoms with E-state index in [1.807, 2.05) is 24.3 Å². The standard InChI is InChI=1S/C15H17ClN2O2/c1-20-10-12(7-8-16)18-15(19)13-6-2-4-11-5-3-9-17-14(11)13/h2-6,9,12H,7-8,10H2,1H3,(H,18,19). The number of ether oxygens (including phenoxy) is 1. The molecule has 2 aromatic rings. The van der Waals surface area contributed by atoms with E-state index in [4.69, 9.17) is 16.3 Å². The van der Waals surface area contributed by atoms with Crippen molar-refractivity contribution in [3.63, 3.8) is 0 Å². The molecule has 1 unspecified atom stereocenters. The summed E-state index contributed by atoms with van der Waals surface area (Å²) in [6.07, 6.45) is 2.35. The predicted octanol–water partition coefficient (Wildman–Crippen LogP) is 2.61. The molecule has 0 fully saturated rings. The number of rotatable bonds is 6. The average molecular weight is 293 g/mol. The van der Waals surface area contributed by atoms with Crippen molar-refractivity contribution in [2.75, 3.05) is 19.6 Å². The number of hydrogen-bond acceptors (Lipinski definition) is 3. The van der Waals surface area contributed by atoms with E-state index in [0.717, 1.165) is 5.39 Å². The van der Waals surface area contributed by atoms with Crippen molar-refractivity contribution in [1.82, 2.24) is 10.3 Å². The van der Waals surface area contributed by atoms with Gasteiger partial charge in [-0.1, -0.05) is 18.2 Å². The summed E-state index contributed by atoms with van der Waals surface area (Å²) >= 11 is 5.74. The monoisotopic (exact) mass is 292 g/mol. The minimum atomic E-state index is -0.151. The summed E-state index contributed by atoms with van der Waals surface area (Å²) in [5.41, 5.74) is 1.27. The molecule has 106 valence electrons. The molecule has 0 aliphatic rings. The van der Waals surface area contributed by atoms with Gasteiger partial charge in [-0.05, 0) is 18.6 Å². The van der Waals surface area contributed by atoms with Crippen LogP contribution in [0.1, 0.15) is 16.8 Å². The number of para-hydroxylation sites is 1.